The number of carbonyl (C=O) groups excluding carboxylic acids is 1. The Kier molecular flexibility index (Phi) is 8.34. The summed E-state index contributed by atoms with van der Waals surface area (Å²) in [5.74, 6) is 0. The van der Waals surface area contributed by atoms with Gasteiger partial charge in [0, 0.05) is 18.6 Å². The van der Waals surface area contributed by atoms with E-state index in [-0.39, 0.29) is 12.1 Å². The molecule has 1 saturated heterocycles. The fourth-order valence-corrected chi connectivity index (χ4v) is 3.09. The summed E-state index contributed by atoms with van der Waals surface area (Å²) in [7, 11) is 0. The van der Waals surface area contributed by atoms with Gasteiger partial charge >= 0.3 is 6.09 Å². The van der Waals surface area contributed by atoms with Crippen molar-refractivity contribution in [1.82, 2.24) is 10.6 Å². The maximum absolute atomic E-state index is 11.9. The molecule has 1 amide bonds. The zero-order valence-corrected chi connectivity index (χ0v) is 15.8. The van der Waals surface area contributed by atoms with Gasteiger partial charge in [-0.15, -0.1) is 0 Å². The zero-order valence-electron chi connectivity index (χ0n) is 15.8. The van der Waals surface area contributed by atoms with E-state index in [4.69, 9.17) is 9.47 Å². The first kappa shape index (κ1) is 20.2. The molecule has 0 aliphatic carbocycles. The van der Waals surface area contributed by atoms with Crippen LogP contribution in [0.3, 0.4) is 0 Å². The molecule has 0 aromatic rings. The molecule has 3 atom stereocenters. The fourth-order valence-electron chi connectivity index (χ4n) is 3.09. The molecule has 136 valence electrons. The monoisotopic (exact) mass is 328 g/mol. The molecule has 1 fully saturated rings. The van der Waals surface area contributed by atoms with Gasteiger partial charge in [0.05, 0.1) is 12.2 Å². The topological polar surface area (TPSA) is 59.6 Å². The second-order valence-corrected chi connectivity index (χ2v) is 7.81. The molecule has 0 radical (unpaired) electrons. The van der Waals surface area contributed by atoms with Crippen LogP contribution >= 0.6 is 0 Å². The van der Waals surface area contributed by atoms with Crippen molar-refractivity contribution in [2.24, 2.45) is 0 Å². The van der Waals surface area contributed by atoms with E-state index in [0.717, 1.165) is 32.1 Å². The molecule has 0 spiro atoms. The Hall–Kier alpha value is -0.810. The average molecular weight is 328 g/mol. The van der Waals surface area contributed by atoms with E-state index in [1.54, 1.807) is 0 Å². The lowest BCUT2D eigenvalue weighted by Gasteiger charge is -2.35. The summed E-state index contributed by atoms with van der Waals surface area (Å²) < 4.78 is 11.1. The summed E-state index contributed by atoms with van der Waals surface area (Å²) in [6.07, 6.45) is 5.68. The van der Waals surface area contributed by atoms with E-state index in [2.05, 4.69) is 31.4 Å². The molecule has 0 aromatic carbocycles. The highest BCUT2D eigenvalue weighted by Crippen LogP contribution is 2.20. The van der Waals surface area contributed by atoms with Crippen LogP contribution in [0.25, 0.3) is 0 Å². The third-order valence-corrected chi connectivity index (χ3v) is 3.97. The van der Waals surface area contributed by atoms with E-state index in [0.29, 0.717) is 24.8 Å². The minimum absolute atomic E-state index is 0.282. The highest BCUT2D eigenvalue weighted by atomic mass is 16.6. The van der Waals surface area contributed by atoms with Crippen LogP contribution in [0.4, 0.5) is 4.79 Å². The van der Waals surface area contributed by atoms with Crippen molar-refractivity contribution in [2.75, 3.05) is 6.54 Å². The van der Waals surface area contributed by atoms with Gasteiger partial charge in [0.1, 0.15) is 5.60 Å². The number of unbranched alkanes of at least 4 members (excludes halogenated alkanes) is 1. The molecule has 0 bridgehead atoms. The van der Waals surface area contributed by atoms with Crippen molar-refractivity contribution in [3.63, 3.8) is 0 Å². The highest BCUT2D eigenvalue weighted by Gasteiger charge is 2.26. The van der Waals surface area contributed by atoms with Gasteiger partial charge in [-0.3, -0.25) is 0 Å². The average Bonchev–Trinajstić information content (AvgIpc) is 2.38. The van der Waals surface area contributed by atoms with Crippen molar-refractivity contribution >= 4 is 6.09 Å². The van der Waals surface area contributed by atoms with Gasteiger partial charge in [-0.05, 0) is 53.9 Å². The lowest BCUT2D eigenvalue weighted by atomic mass is 9.98. The van der Waals surface area contributed by atoms with Crippen molar-refractivity contribution in [3.05, 3.63) is 0 Å². The Balaban J connectivity index is 2.46. The SMILES string of the molecule is CCCCC(CNC(=O)OC(C)(C)C)NC1CC(C)OC(C)C1. The summed E-state index contributed by atoms with van der Waals surface area (Å²) >= 11 is 0. The number of rotatable bonds is 7. The van der Waals surface area contributed by atoms with Gasteiger partial charge in [-0.2, -0.15) is 0 Å². The molecule has 0 saturated carbocycles. The van der Waals surface area contributed by atoms with Crippen molar-refractivity contribution < 1.29 is 14.3 Å². The predicted octanol–water partition coefficient (Wildman–Crippen LogP) is 3.62. The smallest absolute Gasteiger partial charge is 0.407 e. The van der Waals surface area contributed by atoms with Crippen LogP contribution in [0.1, 0.15) is 73.6 Å². The van der Waals surface area contributed by atoms with Crippen LogP contribution in [0, 0.1) is 0 Å². The molecule has 0 aromatic heterocycles. The summed E-state index contributed by atoms with van der Waals surface area (Å²) in [4.78, 5) is 11.9. The number of amides is 1. The number of carbonyl (C=O) groups is 1. The maximum atomic E-state index is 11.9. The second-order valence-electron chi connectivity index (χ2n) is 7.81. The van der Waals surface area contributed by atoms with Crippen LogP contribution in [0.2, 0.25) is 0 Å². The van der Waals surface area contributed by atoms with Crippen LogP contribution in [0.5, 0.6) is 0 Å². The third kappa shape index (κ3) is 9.16. The second kappa shape index (κ2) is 9.48. The number of alkyl carbamates (subject to hydrolysis) is 1. The van der Waals surface area contributed by atoms with Crippen LogP contribution in [0.15, 0.2) is 0 Å². The zero-order chi connectivity index (χ0) is 17.5. The lowest BCUT2D eigenvalue weighted by Crippen LogP contribution is -2.50. The summed E-state index contributed by atoms with van der Waals surface area (Å²) in [6.45, 7) is 12.7. The quantitative estimate of drug-likeness (QED) is 0.749. The van der Waals surface area contributed by atoms with E-state index in [9.17, 15) is 4.79 Å². The normalized spacial score (nSPS) is 26.6. The highest BCUT2D eigenvalue weighted by molar-refractivity contribution is 5.67. The van der Waals surface area contributed by atoms with Crippen molar-refractivity contribution in [1.29, 1.82) is 0 Å². The molecule has 1 heterocycles. The minimum Gasteiger partial charge on any atom is -0.444 e. The molecule has 2 N–H and O–H groups in total. The van der Waals surface area contributed by atoms with E-state index in [1.807, 2.05) is 20.8 Å². The standard InChI is InChI=1S/C18H36N2O3/c1-7-8-9-15(12-19-17(21)23-18(4,5)6)20-16-10-13(2)22-14(3)11-16/h13-16,20H,7-12H2,1-6H3,(H,19,21). The third-order valence-electron chi connectivity index (χ3n) is 3.97. The molecule has 1 aliphatic rings. The Morgan fingerprint density at radius 2 is 1.87 bits per heavy atom. The minimum atomic E-state index is -0.456. The first-order valence-corrected chi connectivity index (χ1v) is 9.08. The van der Waals surface area contributed by atoms with E-state index in [1.165, 1.54) is 0 Å². The fraction of sp³-hybridized carbons (Fsp3) is 0.944. The van der Waals surface area contributed by atoms with E-state index < -0.39 is 5.60 Å². The predicted molar refractivity (Wildman–Crippen MR) is 93.7 cm³/mol. The van der Waals surface area contributed by atoms with Crippen molar-refractivity contribution in [2.45, 2.75) is 104 Å². The van der Waals surface area contributed by atoms with Crippen LogP contribution in [-0.2, 0) is 9.47 Å². The van der Waals surface area contributed by atoms with Gasteiger partial charge in [0.25, 0.3) is 0 Å². The van der Waals surface area contributed by atoms with Crippen LogP contribution in [-0.4, -0.2) is 42.5 Å². The molecule has 1 rings (SSSR count). The number of nitrogens with one attached hydrogen (secondary N) is 2. The molecule has 5 nitrogen and oxygen atoms in total. The number of ether oxygens (including phenoxy) is 2. The number of hydrogen-bond acceptors (Lipinski definition) is 4. The summed E-state index contributed by atoms with van der Waals surface area (Å²) in [5.41, 5.74) is -0.456. The van der Waals surface area contributed by atoms with Crippen LogP contribution < -0.4 is 10.6 Å². The first-order valence-electron chi connectivity index (χ1n) is 9.08. The van der Waals surface area contributed by atoms with Gasteiger partial charge in [0.15, 0.2) is 0 Å². The van der Waals surface area contributed by atoms with Crippen molar-refractivity contribution in [3.8, 4) is 0 Å². The number of hydrogen-bond donors (Lipinski definition) is 2. The van der Waals surface area contributed by atoms with Gasteiger partial charge in [-0.1, -0.05) is 19.8 Å². The Morgan fingerprint density at radius 1 is 1.26 bits per heavy atom. The first-order chi connectivity index (χ1) is 10.7. The van der Waals surface area contributed by atoms with E-state index >= 15 is 0 Å². The molecule has 5 heteroatoms. The summed E-state index contributed by atoms with van der Waals surface area (Å²) in [6, 6.07) is 0.737. The molecule has 3 unspecified atom stereocenters. The van der Waals surface area contributed by atoms with Gasteiger partial charge in [-0.25, -0.2) is 4.79 Å². The Labute approximate surface area is 141 Å². The maximum Gasteiger partial charge on any atom is 0.407 e. The Morgan fingerprint density at radius 3 is 2.39 bits per heavy atom. The molecular formula is C18H36N2O3. The summed E-state index contributed by atoms with van der Waals surface area (Å²) in [5, 5.41) is 6.62. The molecule has 1 aliphatic heterocycles. The molecule has 23 heavy (non-hydrogen) atoms. The largest absolute Gasteiger partial charge is 0.444 e. The Bertz CT molecular complexity index is 345. The van der Waals surface area contributed by atoms with Gasteiger partial charge in [0.2, 0.25) is 0 Å². The van der Waals surface area contributed by atoms with Gasteiger partial charge < -0.3 is 20.1 Å². The molecular weight excluding hydrogens is 292 g/mol. The lowest BCUT2D eigenvalue weighted by molar-refractivity contribution is -0.0437.